The van der Waals surface area contributed by atoms with Crippen LogP contribution in [-0.2, 0) is 22.6 Å². The monoisotopic (exact) mass is 517 g/mol. The minimum absolute atomic E-state index is 0. The first-order valence-electron chi connectivity index (χ1n) is 10.5. The van der Waals surface area contributed by atoms with E-state index >= 15 is 0 Å². The third-order valence-electron chi connectivity index (χ3n) is 5.48. The van der Waals surface area contributed by atoms with E-state index in [1.165, 1.54) is 36.8 Å². The van der Waals surface area contributed by atoms with Crippen molar-refractivity contribution in [3.63, 3.8) is 0 Å². The van der Waals surface area contributed by atoms with Crippen molar-refractivity contribution in [3.05, 3.63) is 35.4 Å². The van der Waals surface area contributed by atoms with Crippen LogP contribution >= 0.6 is 24.0 Å². The first-order valence-corrected chi connectivity index (χ1v) is 10.5. The zero-order valence-electron chi connectivity index (χ0n) is 18.8. The number of guanidine groups is 1. The Labute approximate surface area is 194 Å². The Bertz CT molecular complexity index is 623. The van der Waals surface area contributed by atoms with Gasteiger partial charge in [-0.2, -0.15) is 0 Å². The first-order chi connectivity index (χ1) is 13.4. The molecule has 0 radical (unpaired) electrons. The fourth-order valence-corrected chi connectivity index (χ4v) is 3.77. The lowest BCUT2D eigenvalue weighted by Crippen LogP contribution is -2.43. The molecular formula is C23H40IN3O2. The molecule has 166 valence electrons. The van der Waals surface area contributed by atoms with Gasteiger partial charge in [0.15, 0.2) is 5.96 Å². The maximum atomic E-state index is 5.89. The summed E-state index contributed by atoms with van der Waals surface area (Å²) in [7, 11) is 3.62. The quantitative estimate of drug-likeness (QED) is 0.279. The second kappa shape index (κ2) is 12.7. The Morgan fingerprint density at radius 3 is 2.45 bits per heavy atom. The number of rotatable bonds is 9. The summed E-state index contributed by atoms with van der Waals surface area (Å²) in [4.78, 5) is 4.41. The minimum atomic E-state index is -0.126. The highest BCUT2D eigenvalue weighted by Crippen LogP contribution is 2.40. The molecule has 0 heterocycles. The largest absolute Gasteiger partial charge is 0.385 e. The Morgan fingerprint density at radius 1 is 1.14 bits per heavy atom. The molecule has 29 heavy (non-hydrogen) atoms. The number of aliphatic imine (C=N–C) groups is 1. The van der Waals surface area contributed by atoms with Gasteiger partial charge in [0.2, 0.25) is 0 Å². The van der Waals surface area contributed by atoms with Gasteiger partial charge >= 0.3 is 0 Å². The highest BCUT2D eigenvalue weighted by atomic mass is 127. The second-order valence-corrected chi connectivity index (χ2v) is 8.95. The van der Waals surface area contributed by atoms with Gasteiger partial charge in [0, 0.05) is 33.9 Å². The van der Waals surface area contributed by atoms with Crippen LogP contribution in [0.5, 0.6) is 0 Å². The average molecular weight is 517 g/mol. The number of nitrogens with one attached hydrogen (secondary N) is 2. The van der Waals surface area contributed by atoms with E-state index in [0.717, 1.165) is 32.1 Å². The lowest BCUT2D eigenvalue weighted by molar-refractivity contribution is -0.0149. The lowest BCUT2D eigenvalue weighted by Gasteiger charge is -2.30. The van der Waals surface area contributed by atoms with E-state index in [-0.39, 0.29) is 29.6 Å². The molecule has 0 amide bonds. The molecule has 1 aromatic rings. The van der Waals surface area contributed by atoms with Crippen molar-refractivity contribution < 1.29 is 9.47 Å². The molecule has 1 aliphatic rings. The Balaban J connectivity index is 0.00000420. The predicted molar refractivity (Wildman–Crippen MR) is 132 cm³/mol. The van der Waals surface area contributed by atoms with Crippen LogP contribution in [0.2, 0.25) is 0 Å². The number of hydrogen-bond donors (Lipinski definition) is 2. The molecule has 0 atom stereocenters. The molecule has 5 nitrogen and oxygen atoms in total. The Hall–Kier alpha value is -0.860. The summed E-state index contributed by atoms with van der Waals surface area (Å²) in [6.07, 6.45) is 6.30. The van der Waals surface area contributed by atoms with E-state index in [0.29, 0.717) is 12.0 Å². The zero-order chi connectivity index (χ0) is 20.5. The first kappa shape index (κ1) is 26.2. The highest BCUT2D eigenvalue weighted by molar-refractivity contribution is 14.0. The smallest absolute Gasteiger partial charge is 0.191 e. The number of ether oxygens (including phenoxy) is 2. The van der Waals surface area contributed by atoms with Crippen LogP contribution in [-0.4, -0.2) is 38.9 Å². The van der Waals surface area contributed by atoms with E-state index in [1.54, 1.807) is 7.11 Å². The van der Waals surface area contributed by atoms with Gasteiger partial charge in [0.05, 0.1) is 12.2 Å². The van der Waals surface area contributed by atoms with E-state index in [9.17, 15) is 0 Å². The summed E-state index contributed by atoms with van der Waals surface area (Å²) in [6.45, 7) is 9.40. The van der Waals surface area contributed by atoms with Crippen LogP contribution in [0.1, 0.15) is 64.0 Å². The van der Waals surface area contributed by atoms with Crippen molar-refractivity contribution in [3.8, 4) is 0 Å². The third-order valence-corrected chi connectivity index (χ3v) is 5.48. The van der Waals surface area contributed by atoms with Gasteiger partial charge in [0.1, 0.15) is 0 Å². The molecule has 0 aliphatic heterocycles. The van der Waals surface area contributed by atoms with Crippen LogP contribution in [0, 0.1) is 5.41 Å². The van der Waals surface area contributed by atoms with Crippen molar-refractivity contribution in [1.82, 2.24) is 10.6 Å². The summed E-state index contributed by atoms with van der Waals surface area (Å²) in [5, 5.41) is 7.00. The molecule has 0 saturated heterocycles. The fourth-order valence-electron chi connectivity index (χ4n) is 3.77. The minimum Gasteiger partial charge on any atom is -0.385 e. The van der Waals surface area contributed by atoms with Gasteiger partial charge in [-0.15, -0.1) is 24.0 Å². The predicted octanol–water partition coefficient (Wildman–Crippen LogP) is 4.88. The molecule has 1 saturated carbocycles. The molecule has 0 unspecified atom stereocenters. The number of nitrogens with zero attached hydrogens (tertiary/aromatic N) is 1. The molecule has 1 aromatic carbocycles. The van der Waals surface area contributed by atoms with Crippen molar-refractivity contribution in [2.75, 3.05) is 27.3 Å². The second-order valence-electron chi connectivity index (χ2n) is 8.95. The zero-order valence-corrected chi connectivity index (χ0v) is 21.2. The maximum absolute atomic E-state index is 5.89. The van der Waals surface area contributed by atoms with Gasteiger partial charge in [-0.05, 0) is 56.6 Å². The molecule has 0 spiro atoms. The SMILES string of the molecule is CN=C(NCc1cccc(COC(C)(C)C)c1)NCC1(CCOC)CCCC1.I. The summed E-state index contributed by atoms with van der Waals surface area (Å²) in [6, 6.07) is 8.54. The number of methoxy groups -OCH3 is 1. The van der Waals surface area contributed by atoms with Crippen LogP contribution in [0.4, 0.5) is 0 Å². The normalized spacial score (nSPS) is 16.4. The van der Waals surface area contributed by atoms with Crippen molar-refractivity contribution in [2.45, 2.75) is 71.6 Å². The standard InChI is InChI=1S/C23H39N3O2.HI/c1-22(2,3)28-17-20-10-8-9-19(15-20)16-25-21(24-4)26-18-23(13-14-27-5)11-6-7-12-23;/h8-10,15H,6-7,11-14,16-18H2,1-5H3,(H2,24,25,26);1H. The fraction of sp³-hybridized carbons (Fsp3) is 0.696. The molecule has 1 fully saturated rings. The van der Waals surface area contributed by atoms with Crippen molar-refractivity contribution in [2.24, 2.45) is 10.4 Å². The van der Waals surface area contributed by atoms with Gasteiger partial charge in [-0.25, -0.2) is 0 Å². The molecular weight excluding hydrogens is 477 g/mol. The van der Waals surface area contributed by atoms with Crippen LogP contribution < -0.4 is 10.6 Å². The van der Waals surface area contributed by atoms with Crippen LogP contribution in [0.15, 0.2) is 29.3 Å². The molecule has 6 heteroatoms. The summed E-state index contributed by atoms with van der Waals surface area (Å²) in [5.41, 5.74) is 2.64. The van der Waals surface area contributed by atoms with Crippen LogP contribution in [0.3, 0.4) is 0 Å². The van der Waals surface area contributed by atoms with Gasteiger partial charge in [0.25, 0.3) is 0 Å². The van der Waals surface area contributed by atoms with Gasteiger partial charge in [-0.1, -0.05) is 37.1 Å². The lowest BCUT2D eigenvalue weighted by atomic mass is 9.83. The average Bonchev–Trinajstić information content (AvgIpc) is 3.14. The molecule has 1 aliphatic carbocycles. The molecule has 0 bridgehead atoms. The molecule has 2 N–H and O–H groups in total. The topological polar surface area (TPSA) is 54.9 Å². The summed E-state index contributed by atoms with van der Waals surface area (Å²) < 4.78 is 11.2. The van der Waals surface area contributed by atoms with E-state index < -0.39 is 0 Å². The number of halogens is 1. The summed E-state index contributed by atoms with van der Waals surface area (Å²) in [5.74, 6) is 0.861. The van der Waals surface area contributed by atoms with E-state index in [4.69, 9.17) is 9.47 Å². The van der Waals surface area contributed by atoms with E-state index in [1.807, 2.05) is 7.05 Å². The number of benzene rings is 1. The highest BCUT2D eigenvalue weighted by Gasteiger charge is 2.33. The Morgan fingerprint density at radius 2 is 1.83 bits per heavy atom. The van der Waals surface area contributed by atoms with Gasteiger partial charge < -0.3 is 20.1 Å². The Kier molecular flexibility index (Phi) is 11.5. The van der Waals surface area contributed by atoms with Crippen molar-refractivity contribution >= 4 is 29.9 Å². The molecule has 2 rings (SSSR count). The molecule has 0 aromatic heterocycles. The van der Waals surface area contributed by atoms with Crippen LogP contribution in [0.25, 0.3) is 0 Å². The third kappa shape index (κ3) is 9.66. The van der Waals surface area contributed by atoms with Crippen molar-refractivity contribution in [1.29, 1.82) is 0 Å². The maximum Gasteiger partial charge on any atom is 0.191 e. The summed E-state index contributed by atoms with van der Waals surface area (Å²) >= 11 is 0. The van der Waals surface area contributed by atoms with E-state index in [2.05, 4.69) is 60.7 Å². The van der Waals surface area contributed by atoms with Gasteiger partial charge in [-0.3, -0.25) is 4.99 Å². The number of hydrogen-bond acceptors (Lipinski definition) is 3.